The summed E-state index contributed by atoms with van der Waals surface area (Å²) in [7, 11) is 0. The molecule has 2 rings (SSSR count). The maximum atomic E-state index is 12.7. The summed E-state index contributed by atoms with van der Waals surface area (Å²) in [4.78, 5) is 10.8. The van der Waals surface area contributed by atoms with Crippen molar-refractivity contribution in [2.24, 2.45) is 5.84 Å². The maximum Gasteiger partial charge on any atom is 0.451 e. The predicted molar refractivity (Wildman–Crippen MR) is 61.4 cm³/mol. The third kappa shape index (κ3) is 2.50. The van der Waals surface area contributed by atoms with Crippen molar-refractivity contribution in [2.75, 3.05) is 5.43 Å². The van der Waals surface area contributed by atoms with Crippen molar-refractivity contribution < 1.29 is 13.2 Å². The van der Waals surface area contributed by atoms with Crippen molar-refractivity contribution in [2.45, 2.75) is 20.0 Å². The summed E-state index contributed by atoms with van der Waals surface area (Å²) in [5.74, 6) is 3.79. The highest BCUT2D eigenvalue weighted by molar-refractivity contribution is 5.42. The monoisotopic (exact) mass is 272 g/mol. The van der Waals surface area contributed by atoms with E-state index in [0.29, 0.717) is 11.4 Å². The number of hydrogen-bond acceptors (Lipinski definition) is 5. The van der Waals surface area contributed by atoms with E-state index in [0.717, 1.165) is 0 Å². The summed E-state index contributed by atoms with van der Waals surface area (Å²) in [5, 5.41) is 0. The van der Waals surface area contributed by atoms with Gasteiger partial charge in [0.1, 0.15) is 18.0 Å². The van der Waals surface area contributed by atoms with Gasteiger partial charge in [0.2, 0.25) is 5.82 Å². The van der Waals surface area contributed by atoms with Gasteiger partial charge in [0.05, 0.1) is 5.69 Å². The molecule has 0 aromatic carbocycles. The summed E-state index contributed by atoms with van der Waals surface area (Å²) in [6.45, 7) is 3.48. The van der Waals surface area contributed by atoms with Crippen LogP contribution in [-0.4, -0.2) is 19.5 Å². The highest BCUT2D eigenvalue weighted by Crippen LogP contribution is 2.28. The van der Waals surface area contributed by atoms with E-state index in [1.54, 1.807) is 13.8 Å². The second-order valence-corrected chi connectivity index (χ2v) is 3.86. The normalized spacial score (nSPS) is 11.7. The molecule has 2 aromatic heterocycles. The summed E-state index contributed by atoms with van der Waals surface area (Å²) in [6.07, 6.45) is -3.25. The molecule has 9 heteroatoms. The van der Waals surface area contributed by atoms with Gasteiger partial charge in [-0.05, 0) is 13.8 Å². The first kappa shape index (κ1) is 13.3. The van der Waals surface area contributed by atoms with E-state index in [4.69, 9.17) is 5.84 Å². The molecular formula is C10H11F3N6. The van der Waals surface area contributed by atoms with E-state index in [-0.39, 0.29) is 11.6 Å². The minimum atomic E-state index is -4.65. The molecule has 0 amide bonds. The quantitative estimate of drug-likeness (QED) is 0.640. The van der Waals surface area contributed by atoms with Crippen molar-refractivity contribution in [3.63, 3.8) is 0 Å². The summed E-state index contributed by atoms with van der Waals surface area (Å²) in [5.41, 5.74) is 3.48. The number of alkyl halides is 3. The Morgan fingerprint density at radius 2 is 1.95 bits per heavy atom. The van der Waals surface area contributed by atoms with E-state index >= 15 is 0 Å². The van der Waals surface area contributed by atoms with Crippen LogP contribution in [0.2, 0.25) is 0 Å². The number of aromatic nitrogens is 4. The molecule has 19 heavy (non-hydrogen) atoms. The zero-order valence-corrected chi connectivity index (χ0v) is 10.2. The number of nitrogen functional groups attached to an aromatic ring is 1. The average Bonchev–Trinajstić information content (AvgIpc) is 2.68. The standard InChI is InChI=1S/C10H11F3N6/c1-5-6(2)19(4-15-5)8-3-7(18-14)16-9(17-8)10(11,12)13/h3-4H,14H2,1-2H3,(H,16,17,18). The second-order valence-electron chi connectivity index (χ2n) is 3.86. The zero-order chi connectivity index (χ0) is 14.2. The number of aryl methyl sites for hydroxylation is 1. The molecular weight excluding hydrogens is 261 g/mol. The van der Waals surface area contributed by atoms with E-state index < -0.39 is 12.0 Å². The zero-order valence-electron chi connectivity index (χ0n) is 10.2. The van der Waals surface area contributed by atoms with Crippen molar-refractivity contribution >= 4 is 5.82 Å². The van der Waals surface area contributed by atoms with Crippen molar-refractivity contribution in [3.05, 3.63) is 29.6 Å². The lowest BCUT2D eigenvalue weighted by Gasteiger charge is -2.11. The first-order valence-corrected chi connectivity index (χ1v) is 5.26. The van der Waals surface area contributed by atoms with Gasteiger partial charge in [0.25, 0.3) is 0 Å². The van der Waals surface area contributed by atoms with Crippen LogP contribution < -0.4 is 11.3 Å². The third-order valence-electron chi connectivity index (χ3n) is 2.61. The Hall–Kier alpha value is -2.16. The number of nitrogens with one attached hydrogen (secondary N) is 1. The number of nitrogens with two attached hydrogens (primary N) is 1. The molecule has 6 nitrogen and oxygen atoms in total. The van der Waals surface area contributed by atoms with Crippen LogP contribution in [0.25, 0.3) is 5.82 Å². The Kier molecular flexibility index (Phi) is 3.14. The molecule has 2 aromatic rings. The van der Waals surface area contributed by atoms with Gasteiger partial charge < -0.3 is 5.43 Å². The molecule has 0 aliphatic rings. The van der Waals surface area contributed by atoms with Gasteiger partial charge in [0, 0.05) is 11.8 Å². The first-order valence-electron chi connectivity index (χ1n) is 5.26. The SMILES string of the molecule is Cc1ncn(-c2cc(NN)nc(C(F)(F)F)n2)c1C. The number of hydrogen-bond donors (Lipinski definition) is 2. The molecule has 0 bridgehead atoms. The van der Waals surface area contributed by atoms with Gasteiger partial charge in [0.15, 0.2) is 0 Å². The minimum absolute atomic E-state index is 0.0494. The van der Waals surface area contributed by atoms with Gasteiger partial charge in [-0.25, -0.2) is 20.8 Å². The Bertz CT molecular complexity index is 604. The largest absolute Gasteiger partial charge is 0.451 e. The van der Waals surface area contributed by atoms with Crippen LogP contribution >= 0.6 is 0 Å². The molecule has 2 heterocycles. The van der Waals surface area contributed by atoms with Gasteiger partial charge in [-0.15, -0.1) is 0 Å². The Morgan fingerprint density at radius 3 is 2.42 bits per heavy atom. The van der Waals surface area contributed by atoms with Crippen molar-refractivity contribution in [1.29, 1.82) is 0 Å². The fourth-order valence-electron chi connectivity index (χ4n) is 1.49. The fraction of sp³-hybridized carbons (Fsp3) is 0.300. The highest BCUT2D eigenvalue weighted by atomic mass is 19.4. The Balaban J connectivity index is 2.61. The maximum absolute atomic E-state index is 12.7. The lowest BCUT2D eigenvalue weighted by molar-refractivity contribution is -0.144. The van der Waals surface area contributed by atoms with Crippen molar-refractivity contribution in [1.82, 2.24) is 19.5 Å². The lowest BCUT2D eigenvalue weighted by atomic mass is 10.3. The van der Waals surface area contributed by atoms with Gasteiger partial charge in [-0.3, -0.25) is 4.57 Å². The van der Waals surface area contributed by atoms with Gasteiger partial charge >= 0.3 is 6.18 Å². The third-order valence-corrected chi connectivity index (χ3v) is 2.61. The number of imidazole rings is 1. The summed E-state index contributed by atoms with van der Waals surface area (Å²) < 4.78 is 39.5. The number of anilines is 1. The number of nitrogens with zero attached hydrogens (tertiary/aromatic N) is 4. The fourth-order valence-corrected chi connectivity index (χ4v) is 1.49. The van der Waals surface area contributed by atoms with E-state index in [1.807, 2.05) is 0 Å². The van der Waals surface area contributed by atoms with Gasteiger partial charge in [-0.1, -0.05) is 0 Å². The van der Waals surface area contributed by atoms with Crippen LogP contribution in [0.5, 0.6) is 0 Å². The molecule has 0 aliphatic heterocycles. The lowest BCUT2D eigenvalue weighted by Crippen LogP contribution is -2.17. The smallest absolute Gasteiger partial charge is 0.308 e. The molecule has 0 saturated carbocycles. The highest BCUT2D eigenvalue weighted by Gasteiger charge is 2.35. The molecule has 0 radical (unpaired) electrons. The molecule has 0 aliphatic carbocycles. The minimum Gasteiger partial charge on any atom is -0.308 e. The van der Waals surface area contributed by atoms with Crippen LogP contribution in [0.4, 0.5) is 19.0 Å². The number of hydrazine groups is 1. The number of halogens is 3. The van der Waals surface area contributed by atoms with E-state index in [1.165, 1.54) is 17.0 Å². The molecule has 102 valence electrons. The topological polar surface area (TPSA) is 81.7 Å². The number of rotatable bonds is 2. The average molecular weight is 272 g/mol. The van der Waals surface area contributed by atoms with Crippen LogP contribution in [0, 0.1) is 13.8 Å². The van der Waals surface area contributed by atoms with Crippen molar-refractivity contribution in [3.8, 4) is 5.82 Å². The predicted octanol–water partition coefficient (Wildman–Crippen LogP) is 1.58. The van der Waals surface area contributed by atoms with E-state index in [2.05, 4.69) is 20.4 Å². The molecule has 3 N–H and O–H groups in total. The van der Waals surface area contributed by atoms with Crippen LogP contribution in [-0.2, 0) is 6.18 Å². The van der Waals surface area contributed by atoms with E-state index in [9.17, 15) is 13.2 Å². The molecule has 0 atom stereocenters. The molecule has 0 unspecified atom stereocenters. The Morgan fingerprint density at radius 1 is 1.26 bits per heavy atom. The van der Waals surface area contributed by atoms with Crippen LogP contribution in [0.3, 0.4) is 0 Å². The van der Waals surface area contributed by atoms with Crippen LogP contribution in [0.15, 0.2) is 12.4 Å². The first-order chi connectivity index (χ1) is 8.82. The summed E-state index contributed by atoms with van der Waals surface area (Å²) >= 11 is 0. The van der Waals surface area contributed by atoms with Crippen LogP contribution in [0.1, 0.15) is 17.2 Å². The Labute approximate surface area is 106 Å². The molecule has 0 saturated heterocycles. The second kappa shape index (κ2) is 4.50. The van der Waals surface area contributed by atoms with Gasteiger partial charge in [-0.2, -0.15) is 13.2 Å². The molecule has 0 spiro atoms. The molecule has 0 fully saturated rings. The summed E-state index contributed by atoms with van der Waals surface area (Å²) in [6, 6.07) is 1.31.